The molecule has 16 heavy (non-hydrogen) atoms. The van der Waals surface area contributed by atoms with Gasteiger partial charge in [-0.05, 0) is 19.1 Å². The van der Waals surface area contributed by atoms with Crippen LogP contribution < -0.4 is 4.74 Å². The maximum Gasteiger partial charge on any atom is 0.132 e. The Morgan fingerprint density at radius 3 is 2.94 bits per heavy atom. The van der Waals surface area contributed by atoms with E-state index >= 15 is 0 Å². The lowest BCUT2D eigenvalue weighted by Crippen LogP contribution is -2.15. The fraction of sp³-hybridized carbons (Fsp3) is 0.500. The first-order valence-electron chi connectivity index (χ1n) is 5.38. The van der Waals surface area contributed by atoms with Crippen LogP contribution in [0.3, 0.4) is 0 Å². The minimum Gasteiger partial charge on any atom is -0.488 e. The van der Waals surface area contributed by atoms with Crippen molar-refractivity contribution in [2.24, 2.45) is 0 Å². The Morgan fingerprint density at radius 2 is 2.38 bits per heavy atom. The van der Waals surface area contributed by atoms with Crippen molar-refractivity contribution in [1.82, 2.24) is 0 Å². The summed E-state index contributed by atoms with van der Waals surface area (Å²) >= 11 is 0. The van der Waals surface area contributed by atoms with Crippen LogP contribution in [0.25, 0.3) is 0 Å². The summed E-state index contributed by atoms with van der Waals surface area (Å²) in [4.78, 5) is 0. The summed E-state index contributed by atoms with van der Waals surface area (Å²) in [6.07, 6.45) is 0.0421. The second-order valence-corrected chi connectivity index (χ2v) is 3.96. The van der Waals surface area contributed by atoms with Crippen LogP contribution in [0, 0.1) is 5.82 Å². The van der Waals surface area contributed by atoms with Gasteiger partial charge in [-0.2, -0.15) is 0 Å². The molecule has 2 rings (SSSR count). The number of aliphatic hydroxyl groups excluding tert-OH is 1. The molecule has 3 nitrogen and oxygen atoms in total. The molecule has 1 heterocycles. The molecular weight excluding hydrogens is 211 g/mol. The predicted molar refractivity (Wildman–Crippen MR) is 56.9 cm³/mol. The zero-order valence-corrected chi connectivity index (χ0v) is 9.15. The molecule has 0 bridgehead atoms. The first-order chi connectivity index (χ1) is 7.66. The highest BCUT2D eigenvalue weighted by atomic mass is 19.1. The van der Waals surface area contributed by atoms with Crippen molar-refractivity contribution in [2.75, 3.05) is 13.2 Å². The van der Waals surface area contributed by atoms with Gasteiger partial charge in [-0.1, -0.05) is 0 Å². The van der Waals surface area contributed by atoms with E-state index in [1.165, 1.54) is 13.0 Å². The number of hydrogen-bond acceptors (Lipinski definition) is 3. The molecule has 0 radical (unpaired) electrons. The van der Waals surface area contributed by atoms with E-state index in [1.54, 1.807) is 12.1 Å². The molecule has 0 amide bonds. The molecule has 88 valence electrons. The highest BCUT2D eigenvalue weighted by molar-refractivity contribution is 5.30. The molecule has 4 heteroatoms. The summed E-state index contributed by atoms with van der Waals surface area (Å²) in [6, 6.07) is 4.52. The zero-order chi connectivity index (χ0) is 11.5. The second kappa shape index (κ2) is 4.80. The fourth-order valence-corrected chi connectivity index (χ4v) is 1.72. The van der Waals surface area contributed by atoms with Crippen LogP contribution in [0.2, 0.25) is 0 Å². The Kier molecular flexibility index (Phi) is 3.41. The van der Waals surface area contributed by atoms with Gasteiger partial charge in [-0.15, -0.1) is 0 Å². The molecule has 1 N–H and O–H groups in total. The van der Waals surface area contributed by atoms with Gasteiger partial charge in [0.2, 0.25) is 0 Å². The molecule has 2 atom stereocenters. The van der Waals surface area contributed by atoms with Crippen molar-refractivity contribution in [2.45, 2.75) is 25.6 Å². The van der Waals surface area contributed by atoms with Gasteiger partial charge in [-0.3, -0.25) is 0 Å². The zero-order valence-electron chi connectivity index (χ0n) is 9.15. The number of rotatable bonds is 3. The van der Waals surface area contributed by atoms with E-state index in [0.717, 1.165) is 6.42 Å². The van der Waals surface area contributed by atoms with Crippen molar-refractivity contribution in [3.05, 3.63) is 29.6 Å². The second-order valence-electron chi connectivity index (χ2n) is 3.96. The Labute approximate surface area is 93.8 Å². The van der Waals surface area contributed by atoms with Crippen LogP contribution in [0.1, 0.15) is 25.0 Å². The highest BCUT2D eigenvalue weighted by Gasteiger charge is 2.18. The number of halogens is 1. The van der Waals surface area contributed by atoms with E-state index < -0.39 is 11.9 Å². The SMILES string of the molecule is C[C@@H](O)c1ccc(OC2CCOC2)cc1F. The third kappa shape index (κ3) is 2.51. The van der Waals surface area contributed by atoms with Crippen LogP contribution in [0.4, 0.5) is 4.39 Å². The highest BCUT2D eigenvalue weighted by Crippen LogP contribution is 2.23. The molecule has 1 aromatic rings. The van der Waals surface area contributed by atoms with Crippen molar-refractivity contribution >= 4 is 0 Å². The first-order valence-corrected chi connectivity index (χ1v) is 5.38. The average Bonchev–Trinajstić information content (AvgIpc) is 2.70. The third-order valence-electron chi connectivity index (χ3n) is 2.61. The van der Waals surface area contributed by atoms with Crippen molar-refractivity contribution < 1.29 is 19.0 Å². The van der Waals surface area contributed by atoms with E-state index in [0.29, 0.717) is 19.0 Å². The topological polar surface area (TPSA) is 38.7 Å². The minimum atomic E-state index is -0.802. The molecule has 1 fully saturated rings. The van der Waals surface area contributed by atoms with Gasteiger partial charge in [0.15, 0.2) is 0 Å². The molecule has 0 spiro atoms. The van der Waals surface area contributed by atoms with Gasteiger partial charge in [0.25, 0.3) is 0 Å². The third-order valence-corrected chi connectivity index (χ3v) is 2.61. The van der Waals surface area contributed by atoms with Crippen molar-refractivity contribution in [1.29, 1.82) is 0 Å². The number of aliphatic hydroxyl groups is 1. The van der Waals surface area contributed by atoms with Gasteiger partial charge in [0, 0.05) is 18.1 Å². The van der Waals surface area contributed by atoms with Gasteiger partial charge in [0.05, 0.1) is 19.3 Å². The maximum absolute atomic E-state index is 13.5. The summed E-state index contributed by atoms with van der Waals surface area (Å²) in [6.45, 7) is 2.78. The average molecular weight is 226 g/mol. The number of hydrogen-bond donors (Lipinski definition) is 1. The van der Waals surface area contributed by atoms with Gasteiger partial charge < -0.3 is 14.6 Å². The van der Waals surface area contributed by atoms with Crippen LogP contribution >= 0.6 is 0 Å². The van der Waals surface area contributed by atoms with Crippen molar-refractivity contribution in [3.63, 3.8) is 0 Å². The molecule has 1 saturated heterocycles. The normalized spacial score (nSPS) is 22.1. The van der Waals surface area contributed by atoms with Crippen LogP contribution in [-0.4, -0.2) is 24.4 Å². The van der Waals surface area contributed by atoms with Crippen LogP contribution in [-0.2, 0) is 4.74 Å². The van der Waals surface area contributed by atoms with Gasteiger partial charge >= 0.3 is 0 Å². The summed E-state index contributed by atoms with van der Waals surface area (Å²) in [5.74, 6) is 0.0452. The largest absolute Gasteiger partial charge is 0.488 e. The predicted octanol–water partition coefficient (Wildman–Crippen LogP) is 2.05. The minimum absolute atomic E-state index is 0.0109. The molecule has 1 unspecified atom stereocenters. The van der Waals surface area contributed by atoms with Crippen LogP contribution in [0.15, 0.2) is 18.2 Å². The van der Waals surface area contributed by atoms with Crippen molar-refractivity contribution in [3.8, 4) is 5.75 Å². The lowest BCUT2D eigenvalue weighted by atomic mass is 10.1. The standard InChI is InChI=1S/C12H15FO3/c1-8(14)11-3-2-9(6-12(11)13)16-10-4-5-15-7-10/h2-3,6,8,10,14H,4-5,7H2,1H3/t8-,10?/m1/s1. The van der Waals surface area contributed by atoms with E-state index in [4.69, 9.17) is 9.47 Å². The lowest BCUT2D eigenvalue weighted by molar-refractivity contribution is 0.141. The Morgan fingerprint density at radius 1 is 1.56 bits per heavy atom. The number of ether oxygens (including phenoxy) is 2. The van der Waals surface area contributed by atoms with Crippen LogP contribution in [0.5, 0.6) is 5.75 Å². The summed E-state index contributed by atoms with van der Waals surface area (Å²) in [5.41, 5.74) is 0.287. The molecule has 1 aliphatic rings. The van der Waals surface area contributed by atoms with Gasteiger partial charge in [0.1, 0.15) is 17.7 Å². The quantitative estimate of drug-likeness (QED) is 0.857. The molecule has 1 aromatic carbocycles. The smallest absolute Gasteiger partial charge is 0.132 e. The molecular formula is C12H15FO3. The lowest BCUT2D eigenvalue weighted by Gasteiger charge is -2.13. The monoisotopic (exact) mass is 226 g/mol. The molecule has 0 saturated carbocycles. The summed E-state index contributed by atoms with van der Waals surface area (Å²) in [7, 11) is 0. The number of benzene rings is 1. The molecule has 1 aliphatic heterocycles. The Balaban J connectivity index is 2.08. The summed E-state index contributed by atoms with van der Waals surface area (Å²) < 4.78 is 24.2. The van der Waals surface area contributed by atoms with E-state index in [-0.39, 0.29) is 11.7 Å². The fourth-order valence-electron chi connectivity index (χ4n) is 1.72. The first kappa shape index (κ1) is 11.4. The Bertz CT molecular complexity index is 359. The molecule has 0 aromatic heterocycles. The Hall–Kier alpha value is -1.13. The van der Waals surface area contributed by atoms with E-state index in [9.17, 15) is 9.50 Å². The van der Waals surface area contributed by atoms with E-state index in [1.807, 2.05) is 0 Å². The maximum atomic E-state index is 13.5. The van der Waals surface area contributed by atoms with Gasteiger partial charge in [-0.25, -0.2) is 4.39 Å². The summed E-state index contributed by atoms with van der Waals surface area (Å²) in [5, 5.41) is 9.28. The van der Waals surface area contributed by atoms with E-state index in [2.05, 4.69) is 0 Å². The molecule has 0 aliphatic carbocycles.